The van der Waals surface area contributed by atoms with Gasteiger partial charge in [0.2, 0.25) is 0 Å². The maximum atomic E-state index is 12.9. The molecule has 1 atom stereocenters. The molecule has 2 aliphatic rings. The Balaban J connectivity index is 1.85. The Labute approximate surface area is 136 Å². The molecule has 1 aromatic rings. The van der Waals surface area contributed by atoms with Gasteiger partial charge in [0.15, 0.2) is 0 Å². The van der Waals surface area contributed by atoms with Gasteiger partial charge in [-0.1, -0.05) is 6.07 Å². The highest BCUT2D eigenvalue weighted by Gasteiger charge is 2.27. The molecule has 1 unspecified atom stereocenters. The molecule has 2 heterocycles. The number of carbonyl (C=O) groups excluding carboxylic acids is 2. The molecule has 0 bridgehead atoms. The number of rotatable bonds is 3. The molecule has 0 aliphatic carbocycles. The number of likely N-dealkylation sites (tertiary alicyclic amines) is 1. The van der Waals surface area contributed by atoms with Crippen LogP contribution in [-0.4, -0.2) is 56.1 Å². The maximum Gasteiger partial charge on any atom is 0.322 e. The lowest BCUT2D eigenvalue weighted by molar-refractivity contribution is 0.0697. The lowest BCUT2D eigenvalue weighted by atomic mass is 10.0. The smallest absolute Gasteiger partial charge is 0.322 e. The summed E-state index contributed by atoms with van der Waals surface area (Å²) in [7, 11) is 1.94. The standard InChI is InChI=1S/C17H24N4O2/c1-12-14(16(22)20-9-4-5-13(11-20)18-2)6-3-7-15(12)21-10-8-19-17(21)23/h3,6-7,13,18H,4-5,8-11H2,1-2H3,(H,19,23). The van der Waals surface area contributed by atoms with Crippen molar-refractivity contribution >= 4 is 17.6 Å². The van der Waals surface area contributed by atoms with Gasteiger partial charge < -0.3 is 15.5 Å². The zero-order valence-electron chi connectivity index (χ0n) is 13.8. The predicted octanol–water partition coefficient (Wildman–Crippen LogP) is 1.35. The number of anilines is 1. The first kappa shape index (κ1) is 15.8. The van der Waals surface area contributed by atoms with Gasteiger partial charge >= 0.3 is 6.03 Å². The molecular weight excluding hydrogens is 292 g/mol. The molecule has 0 saturated carbocycles. The second kappa shape index (κ2) is 6.58. The van der Waals surface area contributed by atoms with E-state index in [1.807, 2.05) is 37.1 Å². The van der Waals surface area contributed by atoms with Gasteiger partial charge in [-0.2, -0.15) is 0 Å². The third-order valence-corrected chi connectivity index (χ3v) is 4.80. The molecule has 2 N–H and O–H groups in total. The van der Waals surface area contributed by atoms with Crippen molar-refractivity contribution in [1.82, 2.24) is 15.5 Å². The summed E-state index contributed by atoms with van der Waals surface area (Å²) in [4.78, 5) is 28.4. The van der Waals surface area contributed by atoms with Gasteiger partial charge in [-0.3, -0.25) is 9.69 Å². The zero-order chi connectivity index (χ0) is 16.4. The summed E-state index contributed by atoms with van der Waals surface area (Å²) in [6.45, 7) is 4.75. The Morgan fingerprint density at radius 3 is 2.87 bits per heavy atom. The van der Waals surface area contributed by atoms with Crippen LogP contribution >= 0.6 is 0 Å². The van der Waals surface area contributed by atoms with Crippen LogP contribution in [0, 0.1) is 6.92 Å². The second-order valence-corrected chi connectivity index (χ2v) is 6.21. The monoisotopic (exact) mass is 316 g/mol. The predicted molar refractivity (Wildman–Crippen MR) is 89.9 cm³/mol. The first-order valence-electron chi connectivity index (χ1n) is 8.23. The largest absolute Gasteiger partial charge is 0.337 e. The molecule has 0 spiro atoms. The minimum Gasteiger partial charge on any atom is -0.337 e. The summed E-state index contributed by atoms with van der Waals surface area (Å²) in [5.74, 6) is 0.0592. The van der Waals surface area contributed by atoms with E-state index in [2.05, 4.69) is 10.6 Å². The number of nitrogens with one attached hydrogen (secondary N) is 2. The fraction of sp³-hybridized carbons (Fsp3) is 0.529. The summed E-state index contributed by atoms with van der Waals surface area (Å²) < 4.78 is 0. The SMILES string of the molecule is CNC1CCCN(C(=O)c2cccc(N3CCNC3=O)c2C)C1. The number of carbonyl (C=O) groups is 2. The lowest BCUT2D eigenvalue weighted by Gasteiger charge is -2.33. The van der Waals surface area contributed by atoms with Crippen molar-refractivity contribution < 1.29 is 9.59 Å². The fourth-order valence-corrected chi connectivity index (χ4v) is 3.42. The molecule has 6 nitrogen and oxygen atoms in total. The van der Waals surface area contributed by atoms with Gasteiger partial charge in [0.05, 0.1) is 0 Å². The van der Waals surface area contributed by atoms with Crippen molar-refractivity contribution in [3.05, 3.63) is 29.3 Å². The molecule has 1 aromatic carbocycles. The topological polar surface area (TPSA) is 64.7 Å². The molecule has 23 heavy (non-hydrogen) atoms. The molecule has 3 amide bonds. The average Bonchev–Trinajstić information content (AvgIpc) is 3.00. The maximum absolute atomic E-state index is 12.9. The Bertz CT molecular complexity index is 617. The first-order valence-corrected chi connectivity index (χ1v) is 8.23. The molecular formula is C17H24N4O2. The summed E-state index contributed by atoms with van der Waals surface area (Å²) in [6.07, 6.45) is 2.12. The van der Waals surface area contributed by atoms with Crippen molar-refractivity contribution in [2.24, 2.45) is 0 Å². The van der Waals surface area contributed by atoms with Gasteiger partial charge in [-0.05, 0) is 44.5 Å². The highest BCUT2D eigenvalue weighted by molar-refractivity contribution is 6.00. The van der Waals surface area contributed by atoms with Gasteiger partial charge in [0.1, 0.15) is 0 Å². The van der Waals surface area contributed by atoms with Crippen LogP contribution in [0.1, 0.15) is 28.8 Å². The van der Waals surface area contributed by atoms with Crippen LogP contribution in [0.25, 0.3) is 0 Å². The van der Waals surface area contributed by atoms with E-state index in [0.717, 1.165) is 37.2 Å². The molecule has 6 heteroatoms. The molecule has 3 rings (SSSR count). The highest BCUT2D eigenvalue weighted by atomic mass is 16.2. The average molecular weight is 316 g/mol. The van der Waals surface area contributed by atoms with Crippen LogP contribution in [-0.2, 0) is 0 Å². The highest BCUT2D eigenvalue weighted by Crippen LogP contribution is 2.26. The number of likely N-dealkylation sites (N-methyl/N-ethyl adjacent to an activating group) is 1. The van der Waals surface area contributed by atoms with E-state index in [9.17, 15) is 9.59 Å². The molecule has 2 aliphatic heterocycles. The number of hydrogen-bond acceptors (Lipinski definition) is 3. The van der Waals surface area contributed by atoms with E-state index in [1.54, 1.807) is 4.90 Å². The number of piperidine rings is 1. The number of benzene rings is 1. The van der Waals surface area contributed by atoms with Crippen LogP contribution in [0.15, 0.2) is 18.2 Å². The molecule has 2 saturated heterocycles. The fourth-order valence-electron chi connectivity index (χ4n) is 3.42. The van der Waals surface area contributed by atoms with E-state index < -0.39 is 0 Å². The van der Waals surface area contributed by atoms with Crippen LogP contribution in [0.2, 0.25) is 0 Å². The quantitative estimate of drug-likeness (QED) is 0.885. The van der Waals surface area contributed by atoms with E-state index in [4.69, 9.17) is 0 Å². The van der Waals surface area contributed by atoms with Crippen molar-refractivity contribution in [2.45, 2.75) is 25.8 Å². The third-order valence-electron chi connectivity index (χ3n) is 4.80. The Kier molecular flexibility index (Phi) is 4.52. The number of urea groups is 1. The van der Waals surface area contributed by atoms with Crippen molar-refractivity contribution in [2.75, 3.05) is 38.1 Å². The minimum atomic E-state index is -0.0917. The third kappa shape index (κ3) is 3.03. The summed E-state index contributed by atoms with van der Waals surface area (Å²) in [6, 6.07) is 5.90. The number of nitrogens with zero attached hydrogens (tertiary/aromatic N) is 2. The van der Waals surface area contributed by atoms with E-state index in [0.29, 0.717) is 24.7 Å². The van der Waals surface area contributed by atoms with Crippen LogP contribution < -0.4 is 15.5 Å². The first-order chi connectivity index (χ1) is 11.1. The lowest BCUT2D eigenvalue weighted by Crippen LogP contribution is -2.47. The van der Waals surface area contributed by atoms with Gasteiger partial charge in [0.25, 0.3) is 5.91 Å². The molecule has 0 radical (unpaired) electrons. The van der Waals surface area contributed by atoms with Crippen molar-refractivity contribution in [1.29, 1.82) is 0 Å². The van der Waals surface area contributed by atoms with Gasteiger partial charge in [-0.25, -0.2) is 4.79 Å². The number of amides is 3. The summed E-state index contributed by atoms with van der Waals surface area (Å²) >= 11 is 0. The summed E-state index contributed by atoms with van der Waals surface area (Å²) in [5.41, 5.74) is 2.40. The zero-order valence-corrected chi connectivity index (χ0v) is 13.8. The van der Waals surface area contributed by atoms with Crippen LogP contribution in [0.3, 0.4) is 0 Å². The minimum absolute atomic E-state index is 0.0592. The summed E-state index contributed by atoms with van der Waals surface area (Å²) in [5, 5.41) is 6.07. The van der Waals surface area contributed by atoms with E-state index >= 15 is 0 Å². The Morgan fingerprint density at radius 2 is 2.17 bits per heavy atom. The van der Waals surface area contributed by atoms with Gasteiger partial charge in [0, 0.05) is 43.5 Å². The number of hydrogen-bond donors (Lipinski definition) is 2. The van der Waals surface area contributed by atoms with E-state index in [1.165, 1.54) is 0 Å². The second-order valence-electron chi connectivity index (χ2n) is 6.21. The van der Waals surface area contributed by atoms with E-state index in [-0.39, 0.29) is 11.9 Å². The van der Waals surface area contributed by atoms with Crippen molar-refractivity contribution in [3.63, 3.8) is 0 Å². The van der Waals surface area contributed by atoms with Crippen molar-refractivity contribution in [3.8, 4) is 0 Å². The molecule has 0 aromatic heterocycles. The Morgan fingerprint density at radius 1 is 1.35 bits per heavy atom. The normalized spacial score (nSPS) is 21.5. The molecule has 124 valence electrons. The Hall–Kier alpha value is -2.08. The molecule has 2 fully saturated rings. The van der Waals surface area contributed by atoms with Crippen LogP contribution in [0.5, 0.6) is 0 Å². The van der Waals surface area contributed by atoms with Crippen LogP contribution in [0.4, 0.5) is 10.5 Å². The van der Waals surface area contributed by atoms with Gasteiger partial charge in [-0.15, -0.1) is 0 Å².